The number of para-hydroxylation sites is 1. The van der Waals surface area contributed by atoms with E-state index in [1.54, 1.807) is 18.6 Å². The summed E-state index contributed by atoms with van der Waals surface area (Å²) in [6, 6.07) is 15.7. The van der Waals surface area contributed by atoms with Gasteiger partial charge in [0.1, 0.15) is 0 Å². The molecule has 3 rings (SSSR count). The lowest BCUT2D eigenvalue weighted by atomic mass is 10.2. The van der Waals surface area contributed by atoms with Gasteiger partial charge in [0.25, 0.3) is 0 Å². The first-order chi connectivity index (χ1) is 9.42. The van der Waals surface area contributed by atoms with Crippen LogP contribution in [0.4, 0.5) is 5.69 Å². The summed E-state index contributed by atoms with van der Waals surface area (Å²) in [7, 11) is 0. The summed E-state index contributed by atoms with van der Waals surface area (Å²) in [6.07, 6.45) is 5.14. The highest BCUT2D eigenvalue weighted by atomic mass is 15.3. The van der Waals surface area contributed by atoms with Crippen molar-refractivity contribution in [2.75, 3.05) is 5.43 Å². The number of fused-ring (bicyclic) bond motifs is 1. The standard InChI is InChI=1S/C15H12N4/c1-2-4-13(5-3-1)19-18-11-12-6-7-14-15(10-12)17-9-8-16-14/h1-11,19H/b18-11+. The first kappa shape index (κ1) is 11.3. The van der Waals surface area contributed by atoms with Gasteiger partial charge in [0.2, 0.25) is 0 Å². The summed E-state index contributed by atoms with van der Waals surface area (Å²) in [5, 5.41) is 4.20. The van der Waals surface area contributed by atoms with Crippen LogP contribution >= 0.6 is 0 Å². The largest absolute Gasteiger partial charge is 0.279 e. The molecule has 4 nitrogen and oxygen atoms in total. The van der Waals surface area contributed by atoms with Crippen molar-refractivity contribution in [3.05, 3.63) is 66.5 Å². The van der Waals surface area contributed by atoms with Crippen molar-refractivity contribution in [1.29, 1.82) is 0 Å². The van der Waals surface area contributed by atoms with Crippen LogP contribution in [0, 0.1) is 0 Å². The first-order valence-electron chi connectivity index (χ1n) is 5.97. The molecule has 0 aliphatic rings. The number of nitrogens with zero attached hydrogens (tertiary/aromatic N) is 3. The SMILES string of the molecule is C(=N\Nc1ccccc1)/c1ccc2nccnc2c1. The van der Waals surface area contributed by atoms with Crippen molar-refractivity contribution in [3.63, 3.8) is 0 Å². The van der Waals surface area contributed by atoms with Gasteiger partial charge in [-0.2, -0.15) is 5.10 Å². The monoisotopic (exact) mass is 248 g/mol. The summed E-state index contributed by atoms with van der Waals surface area (Å²) in [5.41, 5.74) is 6.67. The van der Waals surface area contributed by atoms with Gasteiger partial charge in [0, 0.05) is 12.4 Å². The van der Waals surface area contributed by atoms with Crippen molar-refractivity contribution in [1.82, 2.24) is 9.97 Å². The maximum atomic E-state index is 4.26. The molecule has 19 heavy (non-hydrogen) atoms. The molecule has 0 saturated carbocycles. The van der Waals surface area contributed by atoms with Crippen LogP contribution in [0.3, 0.4) is 0 Å². The van der Waals surface area contributed by atoms with Gasteiger partial charge in [-0.05, 0) is 29.8 Å². The fourth-order valence-electron chi connectivity index (χ4n) is 1.75. The molecule has 1 aromatic heterocycles. The average Bonchev–Trinajstić information content (AvgIpc) is 2.48. The van der Waals surface area contributed by atoms with Crippen molar-refractivity contribution < 1.29 is 0 Å². The fourth-order valence-corrected chi connectivity index (χ4v) is 1.75. The second-order valence-corrected chi connectivity index (χ2v) is 4.04. The molecule has 0 radical (unpaired) electrons. The van der Waals surface area contributed by atoms with Crippen LogP contribution in [-0.4, -0.2) is 16.2 Å². The van der Waals surface area contributed by atoms with Gasteiger partial charge >= 0.3 is 0 Å². The quantitative estimate of drug-likeness (QED) is 0.572. The van der Waals surface area contributed by atoms with E-state index in [-0.39, 0.29) is 0 Å². The van der Waals surface area contributed by atoms with E-state index in [0.29, 0.717) is 0 Å². The molecule has 0 unspecified atom stereocenters. The molecule has 4 heteroatoms. The molecule has 92 valence electrons. The lowest BCUT2D eigenvalue weighted by molar-refractivity contribution is 1.29. The lowest BCUT2D eigenvalue weighted by Crippen LogP contribution is -1.91. The molecule has 0 atom stereocenters. The van der Waals surface area contributed by atoms with Gasteiger partial charge in [-0.3, -0.25) is 15.4 Å². The van der Waals surface area contributed by atoms with E-state index in [1.165, 1.54) is 0 Å². The molecule has 0 saturated heterocycles. The summed E-state index contributed by atoms with van der Waals surface area (Å²) in [6.45, 7) is 0. The molecular formula is C15H12N4. The molecule has 2 aromatic carbocycles. The summed E-state index contributed by atoms with van der Waals surface area (Å²) >= 11 is 0. The Bertz CT molecular complexity index is 707. The molecular weight excluding hydrogens is 236 g/mol. The van der Waals surface area contributed by atoms with Gasteiger partial charge < -0.3 is 0 Å². The van der Waals surface area contributed by atoms with Crippen molar-refractivity contribution >= 4 is 22.9 Å². The Balaban J connectivity index is 1.78. The Morgan fingerprint density at radius 3 is 2.53 bits per heavy atom. The van der Waals surface area contributed by atoms with Crippen molar-refractivity contribution in [2.45, 2.75) is 0 Å². The predicted octanol–water partition coefficient (Wildman–Crippen LogP) is 3.08. The summed E-state index contributed by atoms with van der Waals surface area (Å²) < 4.78 is 0. The number of rotatable bonds is 3. The molecule has 0 bridgehead atoms. The second-order valence-electron chi connectivity index (χ2n) is 4.04. The molecule has 0 amide bonds. The van der Waals surface area contributed by atoms with Gasteiger partial charge in [-0.25, -0.2) is 0 Å². The van der Waals surface area contributed by atoms with E-state index in [9.17, 15) is 0 Å². The number of hydrazone groups is 1. The first-order valence-corrected chi connectivity index (χ1v) is 5.97. The van der Waals surface area contributed by atoms with E-state index < -0.39 is 0 Å². The third-order valence-electron chi connectivity index (χ3n) is 2.67. The van der Waals surface area contributed by atoms with E-state index in [4.69, 9.17) is 0 Å². The summed E-state index contributed by atoms with van der Waals surface area (Å²) in [4.78, 5) is 8.49. The Morgan fingerprint density at radius 2 is 1.68 bits per heavy atom. The van der Waals surface area contributed by atoms with E-state index >= 15 is 0 Å². The Kier molecular flexibility index (Phi) is 3.14. The predicted molar refractivity (Wildman–Crippen MR) is 77.2 cm³/mol. The van der Waals surface area contributed by atoms with Crippen LogP contribution in [0.15, 0.2) is 66.0 Å². The third-order valence-corrected chi connectivity index (χ3v) is 2.67. The minimum absolute atomic E-state index is 0.867. The molecule has 0 aliphatic carbocycles. The smallest absolute Gasteiger partial charge is 0.0893 e. The number of anilines is 1. The Labute approximate surface area is 110 Å². The second kappa shape index (κ2) is 5.27. The highest BCUT2D eigenvalue weighted by Crippen LogP contribution is 2.09. The highest BCUT2D eigenvalue weighted by Gasteiger charge is 1.95. The molecule has 1 N–H and O–H groups in total. The molecule has 0 spiro atoms. The van der Waals surface area contributed by atoms with Gasteiger partial charge in [-0.15, -0.1) is 0 Å². The zero-order valence-corrected chi connectivity index (χ0v) is 10.2. The van der Waals surface area contributed by atoms with Crippen LogP contribution in [0.1, 0.15) is 5.56 Å². The van der Waals surface area contributed by atoms with Crippen molar-refractivity contribution in [3.8, 4) is 0 Å². The third kappa shape index (κ3) is 2.74. The summed E-state index contributed by atoms with van der Waals surface area (Å²) in [5.74, 6) is 0. The van der Waals surface area contributed by atoms with Crippen molar-refractivity contribution in [2.24, 2.45) is 5.10 Å². The Morgan fingerprint density at radius 1 is 0.895 bits per heavy atom. The lowest BCUT2D eigenvalue weighted by Gasteiger charge is -1.99. The zero-order chi connectivity index (χ0) is 12.9. The minimum Gasteiger partial charge on any atom is -0.279 e. The van der Waals surface area contributed by atoms with Crippen LogP contribution < -0.4 is 5.43 Å². The number of hydrogen-bond donors (Lipinski definition) is 1. The van der Waals surface area contributed by atoms with Crippen LogP contribution in [0.25, 0.3) is 11.0 Å². The maximum Gasteiger partial charge on any atom is 0.0893 e. The van der Waals surface area contributed by atoms with E-state index in [2.05, 4.69) is 20.5 Å². The maximum absolute atomic E-state index is 4.26. The number of aromatic nitrogens is 2. The van der Waals surface area contributed by atoms with E-state index in [1.807, 2.05) is 48.5 Å². The topological polar surface area (TPSA) is 50.2 Å². The molecule has 1 heterocycles. The van der Waals surface area contributed by atoms with Crippen LogP contribution in [0.2, 0.25) is 0 Å². The zero-order valence-electron chi connectivity index (χ0n) is 10.2. The van der Waals surface area contributed by atoms with Crippen LogP contribution in [-0.2, 0) is 0 Å². The minimum atomic E-state index is 0.867. The fraction of sp³-hybridized carbons (Fsp3) is 0. The normalized spacial score (nSPS) is 10.9. The van der Waals surface area contributed by atoms with E-state index in [0.717, 1.165) is 22.3 Å². The number of nitrogens with one attached hydrogen (secondary N) is 1. The molecule has 3 aromatic rings. The van der Waals surface area contributed by atoms with Gasteiger partial charge in [0.15, 0.2) is 0 Å². The molecule has 0 aliphatic heterocycles. The Hall–Kier alpha value is -2.75. The number of benzene rings is 2. The number of hydrogen-bond acceptors (Lipinski definition) is 4. The van der Waals surface area contributed by atoms with Gasteiger partial charge in [-0.1, -0.05) is 24.3 Å². The van der Waals surface area contributed by atoms with Crippen LogP contribution in [0.5, 0.6) is 0 Å². The molecule has 0 fully saturated rings. The average molecular weight is 248 g/mol. The van der Waals surface area contributed by atoms with Gasteiger partial charge in [0.05, 0.1) is 22.9 Å². The highest BCUT2D eigenvalue weighted by molar-refractivity contribution is 5.86.